The maximum absolute atomic E-state index is 11.8. The molecule has 1 aliphatic heterocycles. The van der Waals surface area contributed by atoms with Gasteiger partial charge in [0.05, 0.1) is 6.04 Å². The number of imide groups is 1. The highest BCUT2D eigenvalue weighted by atomic mass is 35.5. The Morgan fingerprint density at radius 3 is 2.37 bits per heavy atom. The number of rotatable bonds is 4. The van der Waals surface area contributed by atoms with Crippen molar-refractivity contribution in [2.24, 2.45) is 0 Å². The molecule has 112 valence electrons. The van der Waals surface area contributed by atoms with Crippen LogP contribution in [0.5, 0.6) is 0 Å². The van der Waals surface area contributed by atoms with Gasteiger partial charge in [0.1, 0.15) is 0 Å². The molecule has 1 heterocycles. The molecule has 0 bridgehead atoms. The standard InChI is InChI=1S/C12H24N4O2.ClH/c1-4-14-12(18)15-11(17)9(2)16-7-5-10(13-3)6-8-16;/h9-10,13H,4-8H2,1-3H3,(H2,14,15,17,18);1H. The van der Waals surface area contributed by atoms with Crippen molar-refractivity contribution in [2.75, 3.05) is 26.7 Å². The van der Waals surface area contributed by atoms with Crippen molar-refractivity contribution in [1.82, 2.24) is 20.9 Å². The fourth-order valence-corrected chi connectivity index (χ4v) is 2.16. The summed E-state index contributed by atoms with van der Waals surface area (Å²) in [6.45, 7) is 5.94. The van der Waals surface area contributed by atoms with Crippen LogP contribution in [-0.2, 0) is 4.79 Å². The molecule has 1 atom stereocenters. The van der Waals surface area contributed by atoms with Crippen LogP contribution < -0.4 is 16.0 Å². The van der Waals surface area contributed by atoms with E-state index in [0.29, 0.717) is 12.6 Å². The molecule has 3 amide bonds. The molecule has 0 saturated carbocycles. The maximum Gasteiger partial charge on any atom is 0.321 e. The molecule has 0 spiro atoms. The molecule has 1 rings (SSSR count). The van der Waals surface area contributed by atoms with Gasteiger partial charge in [0.15, 0.2) is 0 Å². The summed E-state index contributed by atoms with van der Waals surface area (Å²) in [6.07, 6.45) is 2.07. The molecule has 19 heavy (non-hydrogen) atoms. The first-order valence-electron chi connectivity index (χ1n) is 6.58. The van der Waals surface area contributed by atoms with Crippen molar-refractivity contribution >= 4 is 24.3 Å². The second-order valence-corrected chi connectivity index (χ2v) is 4.62. The van der Waals surface area contributed by atoms with E-state index in [-0.39, 0.29) is 24.4 Å². The zero-order chi connectivity index (χ0) is 13.5. The molecule has 0 aromatic heterocycles. The van der Waals surface area contributed by atoms with Crippen LogP contribution in [-0.4, -0.2) is 55.6 Å². The molecule has 7 heteroatoms. The molecular weight excluding hydrogens is 268 g/mol. The molecular formula is C12H25ClN4O2. The Morgan fingerprint density at radius 1 is 1.32 bits per heavy atom. The van der Waals surface area contributed by atoms with Crippen LogP contribution in [0, 0.1) is 0 Å². The number of carbonyl (C=O) groups excluding carboxylic acids is 2. The van der Waals surface area contributed by atoms with E-state index in [9.17, 15) is 9.59 Å². The van der Waals surface area contributed by atoms with Crippen LogP contribution >= 0.6 is 12.4 Å². The number of hydrogen-bond donors (Lipinski definition) is 3. The molecule has 1 fully saturated rings. The molecule has 1 saturated heterocycles. The number of urea groups is 1. The van der Waals surface area contributed by atoms with Gasteiger partial charge in [0.2, 0.25) is 5.91 Å². The highest BCUT2D eigenvalue weighted by Crippen LogP contribution is 2.12. The number of nitrogens with zero attached hydrogens (tertiary/aromatic N) is 1. The van der Waals surface area contributed by atoms with Gasteiger partial charge >= 0.3 is 6.03 Å². The summed E-state index contributed by atoms with van der Waals surface area (Å²) in [5.74, 6) is -0.233. The number of piperidine rings is 1. The number of halogens is 1. The van der Waals surface area contributed by atoms with Crippen LogP contribution in [0.3, 0.4) is 0 Å². The normalized spacial score (nSPS) is 18.3. The van der Waals surface area contributed by atoms with Gasteiger partial charge in [0, 0.05) is 25.7 Å². The molecule has 0 aromatic carbocycles. The van der Waals surface area contributed by atoms with Gasteiger partial charge < -0.3 is 10.6 Å². The minimum absolute atomic E-state index is 0. The van der Waals surface area contributed by atoms with Gasteiger partial charge in [0.25, 0.3) is 0 Å². The lowest BCUT2D eigenvalue weighted by Crippen LogP contribution is -2.52. The van der Waals surface area contributed by atoms with E-state index in [1.54, 1.807) is 0 Å². The Labute approximate surface area is 121 Å². The summed E-state index contributed by atoms with van der Waals surface area (Å²) in [7, 11) is 1.96. The Bertz CT molecular complexity index is 293. The van der Waals surface area contributed by atoms with E-state index in [4.69, 9.17) is 0 Å². The van der Waals surface area contributed by atoms with Gasteiger partial charge in [-0.25, -0.2) is 4.79 Å². The number of nitrogens with one attached hydrogen (secondary N) is 3. The van der Waals surface area contributed by atoms with Gasteiger partial charge in [-0.2, -0.15) is 0 Å². The predicted octanol–water partition coefficient (Wildman–Crippen LogP) is 0.326. The van der Waals surface area contributed by atoms with Crippen molar-refractivity contribution in [1.29, 1.82) is 0 Å². The second kappa shape index (κ2) is 9.12. The van der Waals surface area contributed by atoms with E-state index in [1.807, 2.05) is 20.9 Å². The Hall–Kier alpha value is -0.850. The third-order valence-electron chi connectivity index (χ3n) is 3.44. The zero-order valence-corrected chi connectivity index (χ0v) is 12.7. The SMILES string of the molecule is CCNC(=O)NC(=O)C(C)N1CCC(NC)CC1.Cl. The fourth-order valence-electron chi connectivity index (χ4n) is 2.16. The van der Waals surface area contributed by atoms with Gasteiger partial charge in [-0.05, 0) is 33.7 Å². The quantitative estimate of drug-likeness (QED) is 0.698. The van der Waals surface area contributed by atoms with Gasteiger partial charge in [-0.3, -0.25) is 15.0 Å². The first kappa shape index (κ1) is 18.1. The summed E-state index contributed by atoms with van der Waals surface area (Å²) in [6, 6.07) is -0.134. The minimum Gasteiger partial charge on any atom is -0.338 e. The van der Waals surface area contributed by atoms with Crippen molar-refractivity contribution in [3.63, 3.8) is 0 Å². The van der Waals surface area contributed by atoms with Crippen molar-refractivity contribution in [2.45, 2.75) is 38.8 Å². The van der Waals surface area contributed by atoms with Crippen LogP contribution in [0.1, 0.15) is 26.7 Å². The van der Waals surface area contributed by atoms with Gasteiger partial charge in [-0.15, -0.1) is 12.4 Å². The maximum atomic E-state index is 11.8. The van der Waals surface area contributed by atoms with Crippen molar-refractivity contribution in [3.05, 3.63) is 0 Å². The number of carbonyl (C=O) groups is 2. The number of amides is 3. The van der Waals surface area contributed by atoms with E-state index in [1.165, 1.54) is 0 Å². The van der Waals surface area contributed by atoms with Crippen LogP contribution in [0.25, 0.3) is 0 Å². The van der Waals surface area contributed by atoms with E-state index < -0.39 is 6.03 Å². The van der Waals surface area contributed by atoms with Gasteiger partial charge in [-0.1, -0.05) is 0 Å². The zero-order valence-electron chi connectivity index (χ0n) is 11.9. The van der Waals surface area contributed by atoms with E-state index >= 15 is 0 Å². The lowest BCUT2D eigenvalue weighted by molar-refractivity contribution is -0.125. The topological polar surface area (TPSA) is 73.5 Å². The predicted molar refractivity (Wildman–Crippen MR) is 77.6 cm³/mol. The molecule has 0 aliphatic carbocycles. The van der Waals surface area contributed by atoms with E-state index in [0.717, 1.165) is 25.9 Å². The number of likely N-dealkylation sites (tertiary alicyclic amines) is 1. The molecule has 0 aromatic rings. The second-order valence-electron chi connectivity index (χ2n) is 4.62. The minimum atomic E-state index is -0.417. The Balaban J connectivity index is 0.00000324. The summed E-state index contributed by atoms with van der Waals surface area (Å²) in [4.78, 5) is 25.2. The lowest BCUT2D eigenvalue weighted by Gasteiger charge is -2.35. The summed E-state index contributed by atoms with van der Waals surface area (Å²) >= 11 is 0. The van der Waals surface area contributed by atoms with E-state index in [2.05, 4.69) is 20.9 Å². The van der Waals surface area contributed by atoms with Crippen molar-refractivity contribution < 1.29 is 9.59 Å². The smallest absolute Gasteiger partial charge is 0.321 e. The summed E-state index contributed by atoms with van der Waals surface area (Å²) < 4.78 is 0. The highest BCUT2D eigenvalue weighted by molar-refractivity contribution is 5.96. The first-order valence-corrected chi connectivity index (χ1v) is 6.58. The molecule has 3 N–H and O–H groups in total. The average Bonchev–Trinajstić information content (AvgIpc) is 2.38. The van der Waals surface area contributed by atoms with Crippen LogP contribution in [0.2, 0.25) is 0 Å². The van der Waals surface area contributed by atoms with Crippen LogP contribution in [0.15, 0.2) is 0 Å². The molecule has 6 nitrogen and oxygen atoms in total. The summed E-state index contributed by atoms with van der Waals surface area (Å²) in [5, 5.41) is 8.16. The Morgan fingerprint density at radius 2 is 1.89 bits per heavy atom. The third kappa shape index (κ3) is 5.76. The third-order valence-corrected chi connectivity index (χ3v) is 3.44. The van der Waals surface area contributed by atoms with Crippen molar-refractivity contribution in [3.8, 4) is 0 Å². The largest absolute Gasteiger partial charge is 0.338 e. The average molecular weight is 293 g/mol. The lowest BCUT2D eigenvalue weighted by atomic mass is 10.0. The Kier molecular flexibility index (Phi) is 8.71. The summed E-state index contributed by atoms with van der Waals surface area (Å²) in [5.41, 5.74) is 0. The van der Waals surface area contributed by atoms with Crippen LogP contribution in [0.4, 0.5) is 4.79 Å². The highest BCUT2D eigenvalue weighted by Gasteiger charge is 2.26. The molecule has 1 unspecified atom stereocenters. The molecule has 0 radical (unpaired) electrons. The monoisotopic (exact) mass is 292 g/mol. The number of hydrogen-bond acceptors (Lipinski definition) is 4. The fraction of sp³-hybridized carbons (Fsp3) is 0.833. The molecule has 1 aliphatic rings. The first-order chi connectivity index (χ1) is 8.58.